The molecule has 0 radical (unpaired) electrons. The van der Waals surface area contributed by atoms with Gasteiger partial charge in [0.1, 0.15) is 48.8 Å². The van der Waals surface area contributed by atoms with Crippen molar-refractivity contribution in [1.29, 1.82) is 0 Å². The Morgan fingerprint density at radius 2 is 0.742 bits per heavy atom. The summed E-state index contributed by atoms with van der Waals surface area (Å²) >= 11 is 0. The zero-order chi connectivity index (χ0) is 67.3. The number of carbonyl (C=O) groups excluding carboxylic acids is 1. The Labute approximate surface area is 566 Å². The van der Waals surface area contributed by atoms with Crippen LogP contribution >= 0.6 is 0 Å². The van der Waals surface area contributed by atoms with Gasteiger partial charge in [0.05, 0.1) is 32.0 Å². The van der Waals surface area contributed by atoms with Crippen molar-refractivity contribution < 1.29 is 64.6 Å². The van der Waals surface area contributed by atoms with Crippen LogP contribution in [0.2, 0.25) is 0 Å². The Kier molecular flexibility index (Phi) is 57.7. The highest BCUT2D eigenvalue weighted by Gasteiger charge is 2.51. The van der Waals surface area contributed by atoms with E-state index in [2.05, 4.69) is 116 Å². The molecule has 14 nitrogen and oxygen atoms in total. The number of hydrogen-bond donors (Lipinski definition) is 9. The van der Waals surface area contributed by atoms with E-state index in [0.717, 1.165) is 109 Å². The number of hydrogen-bond acceptors (Lipinski definition) is 13. The fourth-order valence-corrected chi connectivity index (χ4v) is 12.1. The third kappa shape index (κ3) is 45.9. The highest BCUT2D eigenvalue weighted by molar-refractivity contribution is 5.76. The van der Waals surface area contributed by atoms with Crippen molar-refractivity contribution in [1.82, 2.24) is 5.32 Å². The van der Waals surface area contributed by atoms with E-state index in [1.165, 1.54) is 167 Å². The van der Waals surface area contributed by atoms with Gasteiger partial charge in [0, 0.05) is 6.42 Å². The van der Waals surface area contributed by atoms with Crippen molar-refractivity contribution in [2.24, 2.45) is 0 Å². The molecule has 0 aromatic carbocycles. The van der Waals surface area contributed by atoms with Crippen LogP contribution in [-0.2, 0) is 23.7 Å². The Bertz CT molecular complexity index is 1930. The number of amides is 1. The molecular formula is C79H139NO13. The first kappa shape index (κ1) is 86.0. The lowest BCUT2D eigenvalue weighted by atomic mass is 9.97. The smallest absolute Gasteiger partial charge is 0.220 e. The Morgan fingerprint density at radius 1 is 0.398 bits per heavy atom. The molecule has 2 fully saturated rings. The average molecular weight is 1310 g/mol. The number of nitrogens with one attached hydrogen (secondary N) is 1. The predicted octanol–water partition coefficient (Wildman–Crippen LogP) is 16.5. The molecule has 2 aliphatic heterocycles. The van der Waals surface area contributed by atoms with Crippen molar-refractivity contribution in [3.63, 3.8) is 0 Å². The summed E-state index contributed by atoms with van der Waals surface area (Å²) in [5.41, 5.74) is 0. The third-order valence-electron chi connectivity index (χ3n) is 18.1. The molecule has 2 rings (SSSR count). The molecule has 1 amide bonds. The van der Waals surface area contributed by atoms with E-state index in [9.17, 15) is 45.6 Å². The van der Waals surface area contributed by atoms with Crippen LogP contribution in [0, 0.1) is 0 Å². The fourth-order valence-electron chi connectivity index (χ4n) is 12.1. The number of ether oxygens (including phenoxy) is 4. The molecule has 12 unspecified atom stereocenters. The van der Waals surface area contributed by atoms with Crippen LogP contribution in [0.25, 0.3) is 0 Å². The largest absolute Gasteiger partial charge is 0.394 e. The van der Waals surface area contributed by atoms with Gasteiger partial charge in [0.15, 0.2) is 12.6 Å². The first-order chi connectivity index (χ1) is 45.6. The SMILES string of the molecule is CC/C=C\C/C=C\C/C=C\C/C=C\C/C=C\C/C=C\C/C=C\C/C=C\CCCCCCCCCCCCCCC(=O)NC(COC1OC(CO)C(OC2OC(CO)C(O)C(O)C2O)C(O)C1O)C(O)CCCCCCCCCCCCCCCCCCCCCCCC. The van der Waals surface area contributed by atoms with Crippen LogP contribution in [0.4, 0.5) is 0 Å². The number of carbonyl (C=O) groups is 1. The van der Waals surface area contributed by atoms with E-state index < -0.39 is 86.8 Å². The van der Waals surface area contributed by atoms with Crippen LogP contribution in [0.3, 0.4) is 0 Å². The first-order valence-corrected chi connectivity index (χ1v) is 38.0. The zero-order valence-corrected chi connectivity index (χ0v) is 58.7. The lowest BCUT2D eigenvalue weighted by Crippen LogP contribution is -2.65. The molecule has 14 heteroatoms. The molecule has 0 aromatic rings. The second kappa shape index (κ2) is 62.4. The Hall–Kier alpha value is -3.09. The summed E-state index contributed by atoms with van der Waals surface area (Å²) in [5, 5.41) is 87.7. The van der Waals surface area contributed by atoms with Gasteiger partial charge in [-0.25, -0.2) is 0 Å². The highest BCUT2D eigenvalue weighted by Crippen LogP contribution is 2.30. The van der Waals surface area contributed by atoms with Gasteiger partial charge in [0.2, 0.25) is 5.91 Å². The molecule has 12 atom stereocenters. The topological polar surface area (TPSA) is 228 Å². The number of rotatable bonds is 62. The molecule has 0 bridgehead atoms. The molecule has 0 spiro atoms. The molecule has 2 heterocycles. The van der Waals surface area contributed by atoms with E-state index in [-0.39, 0.29) is 12.5 Å². The van der Waals surface area contributed by atoms with Crippen LogP contribution < -0.4 is 5.32 Å². The van der Waals surface area contributed by atoms with Gasteiger partial charge in [-0.05, 0) is 77.0 Å². The molecule has 2 aliphatic rings. The summed E-state index contributed by atoms with van der Waals surface area (Å²) in [7, 11) is 0. The maximum absolute atomic E-state index is 13.4. The first-order valence-electron chi connectivity index (χ1n) is 38.0. The lowest BCUT2D eigenvalue weighted by Gasteiger charge is -2.46. The zero-order valence-electron chi connectivity index (χ0n) is 58.7. The van der Waals surface area contributed by atoms with Gasteiger partial charge in [-0.1, -0.05) is 317 Å². The molecular weight excluding hydrogens is 1170 g/mol. The molecule has 2 saturated heterocycles. The second-order valence-electron chi connectivity index (χ2n) is 26.4. The molecule has 0 aromatic heterocycles. The second-order valence-corrected chi connectivity index (χ2v) is 26.4. The standard InChI is InChI=1S/C79H139NO13/c1-3-5-7-9-11-13-15-17-19-21-23-25-27-28-29-30-31-32-33-34-35-36-37-38-39-40-41-43-45-47-49-51-53-55-57-59-61-63-71(84)80-67(66-90-78-76(89)74(87)77(70(65-82)92-78)93-79-75(88)73(86)72(85)69(64-81)91-79)68(83)62-60-58-56-54-52-50-48-46-44-42-26-24-22-20-18-16-14-12-10-8-6-4-2/h5,7,11,13,17,19,23,25,28-29,31-32,34-35,37-38,67-70,72-79,81-83,85-89H,3-4,6,8-10,12,14-16,18,20-22,24,26-27,30,33,36,39-66H2,1-2H3,(H,80,84)/b7-5-,13-11-,19-17-,25-23-,29-28-,32-31-,35-34-,38-37-. The highest BCUT2D eigenvalue weighted by atomic mass is 16.7. The quantitative estimate of drug-likeness (QED) is 0.0204. The van der Waals surface area contributed by atoms with E-state index >= 15 is 0 Å². The summed E-state index contributed by atoms with van der Waals surface area (Å²) in [5.74, 6) is -0.209. The van der Waals surface area contributed by atoms with Crippen molar-refractivity contribution >= 4 is 5.91 Å². The van der Waals surface area contributed by atoms with Gasteiger partial charge in [-0.2, -0.15) is 0 Å². The van der Waals surface area contributed by atoms with Crippen molar-refractivity contribution in [3.05, 3.63) is 97.2 Å². The van der Waals surface area contributed by atoms with Gasteiger partial charge in [-0.3, -0.25) is 4.79 Å². The number of unbranched alkanes of at least 4 members (excludes halogenated alkanes) is 33. The van der Waals surface area contributed by atoms with Crippen molar-refractivity contribution in [2.45, 2.75) is 376 Å². The third-order valence-corrected chi connectivity index (χ3v) is 18.1. The normalized spacial score (nSPS) is 23.1. The lowest BCUT2D eigenvalue weighted by molar-refractivity contribution is -0.359. The summed E-state index contributed by atoms with van der Waals surface area (Å²) < 4.78 is 22.9. The number of allylic oxidation sites excluding steroid dienone is 16. The summed E-state index contributed by atoms with van der Waals surface area (Å²) in [4.78, 5) is 13.4. The van der Waals surface area contributed by atoms with Gasteiger partial charge in [-0.15, -0.1) is 0 Å². The number of aliphatic hydroxyl groups is 8. The van der Waals surface area contributed by atoms with E-state index in [0.29, 0.717) is 12.8 Å². The molecule has 0 saturated carbocycles. The van der Waals surface area contributed by atoms with Crippen LogP contribution in [0.15, 0.2) is 97.2 Å². The van der Waals surface area contributed by atoms with Gasteiger partial charge < -0.3 is 65.1 Å². The summed E-state index contributed by atoms with van der Waals surface area (Å²) in [6.07, 6.45) is 71.3. The monoisotopic (exact) mass is 1310 g/mol. The average Bonchev–Trinajstić information content (AvgIpc) is 0.852. The molecule has 93 heavy (non-hydrogen) atoms. The Morgan fingerprint density at radius 3 is 1.14 bits per heavy atom. The number of aliphatic hydroxyl groups excluding tert-OH is 8. The van der Waals surface area contributed by atoms with Gasteiger partial charge in [0.25, 0.3) is 0 Å². The Balaban J connectivity index is 1.62. The minimum absolute atomic E-state index is 0.209. The van der Waals surface area contributed by atoms with Crippen LogP contribution in [0.5, 0.6) is 0 Å². The maximum Gasteiger partial charge on any atom is 0.220 e. The van der Waals surface area contributed by atoms with Crippen molar-refractivity contribution in [3.8, 4) is 0 Å². The van der Waals surface area contributed by atoms with E-state index in [4.69, 9.17) is 18.9 Å². The van der Waals surface area contributed by atoms with Gasteiger partial charge >= 0.3 is 0 Å². The van der Waals surface area contributed by atoms with Crippen LogP contribution in [0.1, 0.15) is 303 Å². The summed E-state index contributed by atoms with van der Waals surface area (Å²) in [6.45, 7) is 2.78. The minimum Gasteiger partial charge on any atom is -0.394 e. The van der Waals surface area contributed by atoms with Crippen LogP contribution in [-0.4, -0.2) is 140 Å². The molecule has 0 aliphatic carbocycles. The van der Waals surface area contributed by atoms with Crippen molar-refractivity contribution in [2.75, 3.05) is 19.8 Å². The fraction of sp³-hybridized carbons (Fsp3) is 0.785. The summed E-state index contributed by atoms with van der Waals surface area (Å²) in [6, 6.07) is -0.837. The molecule has 9 N–H and O–H groups in total. The van der Waals surface area contributed by atoms with E-state index in [1.807, 2.05) is 0 Å². The van der Waals surface area contributed by atoms with E-state index in [1.54, 1.807) is 0 Å². The minimum atomic E-state index is -1.79. The maximum atomic E-state index is 13.4. The predicted molar refractivity (Wildman–Crippen MR) is 383 cm³/mol. The molecule has 538 valence electrons.